The molecule has 1 aromatic carbocycles. The van der Waals surface area contributed by atoms with E-state index in [0.29, 0.717) is 6.54 Å². The second-order valence-corrected chi connectivity index (χ2v) is 6.38. The summed E-state index contributed by atoms with van der Waals surface area (Å²) in [5.74, 6) is 0.848. The van der Waals surface area contributed by atoms with Gasteiger partial charge >= 0.3 is 6.03 Å². The van der Waals surface area contributed by atoms with E-state index < -0.39 is 0 Å². The van der Waals surface area contributed by atoms with Crippen LogP contribution in [0.3, 0.4) is 0 Å². The lowest BCUT2D eigenvalue weighted by Gasteiger charge is -2.32. The fraction of sp³-hybridized carbons (Fsp3) is 0.611. The molecular weight excluding hydrogens is 274 g/mol. The van der Waals surface area contributed by atoms with Gasteiger partial charge in [0.25, 0.3) is 0 Å². The van der Waals surface area contributed by atoms with E-state index in [1.807, 2.05) is 13.8 Å². The van der Waals surface area contributed by atoms with Crippen LogP contribution < -0.4 is 15.5 Å². The van der Waals surface area contributed by atoms with Crippen molar-refractivity contribution in [2.75, 3.05) is 24.5 Å². The zero-order valence-corrected chi connectivity index (χ0v) is 14.1. The van der Waals surface area contributed by atoms with Gasteiger partial charge in [-0.05, 0) is 49.8 Å². The predicted octanol–water partition coefficient (Wildman–Crippen LogP) is 3.69. The van der Waals surface area contributed by atoms with Crippen LogP contribution in [0.25, 0.3) is 0 Å². The molecule has 0 aromatic heterocycles. The van der Waals surface area contributed by atoms with E-state index in [2.05, 4.69) is 46.7 Å². The maximum absolute atomic E-state index is 11.7. The van der Waals surface area contributed by atoms with Crippen molar-refractivity contribution in [3.63, 3.8) is 0 Å². The summed E-state index contributed by atoms with van der Waals surface area (Å²) in [6.45, 7) is 9.40. The van der Waals surface area contributed by atoms with Gasteiger partial charge in [-0.25, -0.2) is 4.79 Å². The molecule has 0 unspecified atom stereocenters. The van der Waals surface area contributed by atoms with E-state index in [1.165, 1.54) is 18.5 Å². The van der Waals surface area contributed by atoms with Crippen LogP contribution in [0.5, 0.6) is 0 Å². The fourth-order valence-corrected chi connectivity index (χ4v) is 2.81. The average molecular weight is 303 g/mol. The number of piperidine rings is 1. The van der Waals surface area contributed by atoms with Crippen LogP contribution in [0.2, 0.25) is 0 Å². The van der Waals surface area contributed by atoms with Gasteiger partial charge < -0.3 is 15.5 Å². The Bertz CT molecular complexity index is 464. The maximum Gasteiger partial charge on any atom is 0.315 e. The largest absolute Gasteiger partial charge is 0.372 e. The van der Waals surface area contributed by atoms with Crippen LogP contribution in [0.1, 0.15) is 51.6 Å². The van der Waals surface area contributed by atoms with Gasteiger partial charge in [-0.3, -0.25) is 0 Å². The molecule has 1 saturated heterocycles. The fourth-order valence-electron chi connectivity index (χ4n) is 2.81. The topological polar surface area (TPSA) is 44.4 Å². The van der Waals surface area contributed by atoms with Gasteiger partial charge in [0.2, 0.25) is 0 Å². The molecule has 2 rings (SSSR count). The number of hydrogen-bond donors (Lipinski definition) is 2. The zero-order chi connectivity index (χ0) is 15.9. The summed E-state index contributed by atoms with van der Waals surface area (Å²) in [6.07, 6.45) is 3.50. The van der Waals surface area contributed by atoms with E-state index in [9.17, 15) is 4.79 Å². The zero-order valence-electron chi connectivity index (χ0n) is 14.1. The molecular formula is C18H29N3O. The summed E-state index contributed by atoms with van der Waals surface area (Å²) in [6, 6.07) is 8.52. The molecule has 4 nitrogen and oxygen atoms in total. The third kappa shape index (κ3) is 4.65. The first-order valence-electron chi connectivity index (χ1n) is 8.49. The number of amides is 2. The van der Waals surface area contributed by atoms with Crippen LogP contribution in [0, 0.1) is 5.92 Å². The standard InChI is InChI=1S/C18H29N3O/c1-4-11-19-18(22)20-15(3)16-5-7-17(8-6-16)21-12-9-14(2)10-13-21/h5-8,14-15H,4,9-13H2,1-3H3,(H2,19,20,22)/t15-/m1/s1. The lowest BCUT2D eigenvalue weighted by Crippen LogP contribution is -2.37. The predicted molar refractivity (Wildman–Crippen MR) is 92.3 cm³/mol. The van der Waals surface area contributed by atoms with E-state index in [0.717, 1.165) is 31.0 Å². The van der Waals surface area contributed by atoms with Crippen molar-refractivity contribution in [2.24, 2.45) is 5.92 Å². The molecule has 0 bridgehead atoms. The highest BCUT2D eigenvalue weighted by Gasteiger charge is 2.16. The lowest BCUT2D eigenvalue weighted by atomic mass is 9.98. The van der Waals surface area contributed by atoms with E-state index >= 15 is 0 Å². The van der Waals surface area contributed by atoms with E-state index in [4.69, 9.17) is 0 Å². The number of urea groups is 1. The Kier molecular flexibility index (Phi) is 6.10. The van der Waals surface area contributed by atoms with Crippen molar-refractivity contribution in [2.45, 2.75) is 46.1 Å². The highest BCUT2D eigenvalue weighted by atomic mass is 16.2. The number of hydrogen-bond acceptors (Lipinski definition) is 2. The number of rotatable bonds is 5. The molecule has 2 amide bonds. The van der Waals surface area contributed by atoms with Gasteiger partial charge in [-0.1, -0.05) is 26.0 Å². The van der Waals surface area contributed by atoms with Crippen molar-refractivity contribution in [1.29, 1.82) is 0 Å². The summed E-state index contributed by atoms with van der Waals surface area (Å²) in [5, 5.41) is 5.81. The first kappa shape index (κ1) is 16.7. The number of benzene rings is 1. The van der Waals surface area contributed by atoms with Crippen LogP contribution in [0.15, 0.2) is 24.3 Å². The van der Waals surface area contributed by atoms with Crippen molar-refractivity contribution in [3.8, 4) is 0 Å². The molecule has 4 heteroatoms. The average Bonchev–Trinajstić information content (AvgIpc) is 2.54. The molecule has 1 aromatic rings. The van der Waals surface area contributed by atoms with Crippen molar-refractivity contribution < 1.29 is 4.79 Å². The van der Waals surface area contributed by atoms with Crippen LogP contribution in [0.4, 0.5) is 10.5 Å². The minimum atomic E-state index is -0.0940. The van der Waals surface area contributed by atoms with Gasteiger partial charge in [0, 0.05) is 25.3 Å². The smallest absolute Gasteiger partial charge is 0.315 e. The highest BCUT2D eigenvalue weighted by molar-refractivity contribution is 5.74. The molecule has 0 spiro atoms. The van der Waals surface area contributed by atoms with Gasteiger partial charge in [-0.15, -0.1) is 0 Å². The summed E-state index contributed by atoms with van der Waals surface area (Å²) in [5.41, 5.74) is 2.43. The Labute approximate surface area is 134 Å². The van der Waals surface area contributed by atoms with Gasteiger partial charge in [0.1, 0.15) is 0 Å². The molecule has 122 valence electrons. The van der Waals surface area contributed by atoms with Crippen LogP contribution in [-0.2, 0) is 0 Å². The second kappa shape index (κ2) is 8.06. The molecule has 1 heterocycles. The summed E-state index contributed by atoms with van der Waals surface area (Å²) in [7, 11) is 0. The Morgan fingerprint density at radius 2 is 1.91 bits per heavy atom. The SMILES string of the molecule is CCCNC(=O)N[C@H](C)c1ccc(N2CCC(C)CC2)cc1. The molecule has 0 aliphatic carbocycles. The first-order valence-corrected chi connectivity index (χ1v) is 8.49. The monoisotopic (exact) mass is 303 g/mol. The Morgan fingerprint density at radius 3 is 2.50 bits per heavy atom. The van der Waals surface area contributed by atoms with Crippen LogP contribution >= 0.6 is 0 Å². The quantitative estimate of drug-likeness (QED) is 0.871. The third-order valence-electron chi connectivity index (χ3n) is 4.43. The van der Waals surface area contributed by atoms with Gasteiger partial charge in [0.15, 0.2) is 0 Å². The summed E-state index contributed by atoms with van der Waals surface area (Å²) < 4.78 is 0. The number of nitrogens with one attached hydrogen (secondary N) is 2. The summed E-state index contributed by atoms with van der Waals surface area (Å²) >= 11 is 0. The van der Waals surface area contributed by atoms with Crippen molar-refractivity contribution in [1.82, 2.24) is 10.6 Å². The highest BCUT2D eigenvalue weighted by Crippen LogP contribution is 2.24. The van der Waals surface area contributed by atoms with Crippen molar-refractivity contribution in [3.05, 3.63) is 29.8 Å². The van der Waals surface area contributed by atoms with Crippen LogP contribution in [-0.4, -0.2) is 25.7 Å². The van der Waals surface area contributed by atoms with Gasteiger partial charge in [-0.2, -0.15) is 0 Å². The Hall–Kier alpha value is -1.71. The number of nitrogens with zero attached hydrogens (tertiary/aromatic N) is 1. The first-order chi connectivity index (χ1) is 10.6. The molecule has 1 aliphatic heterocycles. The molecule has 1 aliphatic rings. The Morgan fingerprint density at radius 1 is 1.27 bits per heavy atom. The molecule has 0 radical (unpaired) electrons. The second-order valence-electron chi connectivity index (χ2n) is 6.38. The van der Waals surface area contributed by atoms with Gasteiger partial charge in [0.05, 0.1) is 6.04 Å². The van der Waals surface area contributed by atoms with Crippen molar-refractivity contribution >= 4 is 11.7 Å². The minimum Gasteiger partial charge on any atom is -0.372 e. The molecule has 0 saturated carbocycles. The molecule has 22 heavy (non-hydrogen) atoms. The number of anilines is 1. The summed E-state index contributed by atoms with van der Waals surface area (Å²) in [4.78, 5) is 14.2. The van der Waals surface area contributed by atoms with E-state index in [-0.39, 0.29) is 12.1 Å². The maximum atomic E-state index is 11.7. The van der Waals surface area contributed by atoms with E-state index in [1.54, 1.807) is 0 Å². The normalized spacial score (nSPS) is 17.1. The molecule has 1 fully saturated rings. The minimum absolute atomic E-state index is 0.0206. The lowest BCUT2D eigenvalue weighted by molar-refractivity contribution is 0.238. The number of carbonyl (C=O) groups excluding carboxylic acids is 1. The number of carbonyl (C=O) groups is 1. The molecule has 1 atom stereocenters. The molecule has 2 N–H and O–H groups in total. The third-order valence-corrected chi connectivity index (χ3v) is 4.43. The Balaban J connectivity index is 1.89.